The van der Waals surface area contributed by atoms with E-state index >= 15 is 0 Å². The summed E-state index contributed by atoms with van der Waals surface area (Å²) in [5.41, 5.74) is 0. The summed E-state index contributed by atoms with van der Waals surface area (Å²) in [6, 6.07) is -0.333. The highest BCUT2D eigenvalue weighted by atomic mass is 32.2. The predicted molar refractivity (Wildman–Crippen MR) is 43.8 cm³/mol. The SMILES string of the molecule is CC[C@H](CO)NS(=O)(=O)CC. The van der Waals surface area contributed by atoms with Crippen LogP contribution < -0.4 is 4.72 Å². The molecule has 0 spiro atoms. The third-order valence-corrected chi connectivity index (χ3v) is 2.89. The van der Waals surface area contributed by atoms with Gasteiger partial charge in [0.05, 0.1) is 12.4 Å². The summed E-state index contributed by atoms with van der Waals surface area (Å²) in [4.78, 5) is 0. The summed E-state index contributed by atoms with van der Waals surface area (Å²) < 4.78 is 24.2. The number of hydrogen-bond acceptors (Lipinski definition) is 3. The molecule has 5 heteroatoms. The smallest absolute Gasteiger partial charge is 0.211 e. The third kappa shape index (κ3) is 4.34. The molecule has 0 fully saturated rings. The van der Waals surface area contributed by atoms with Crippen molar-refractivity contribution in [3.63, 3.8) is 0 Å². The van der Waals surface area contributed by atoms with Gasteiger partial charge in [0.1, 0.15) is 0 Å². The summed E-state index contributed by atoms with van der Waals surface area (Å²) >= 11 is 0. The maximum atomic E-state index is 10.9. The Balaban J connectivity index is 4.01. The summed E-state index contributed by atoms with van der Waals surface area (Å²) in [5.74, 6) is 0.0590. The molecule has 0 rings (SSSR count). The van der Waals surface area contributed by atoms with Gasteiger partial charge in [-0.15, -0.1) is 0 Å². The third-order valence-electron chi connectivity index (χ3n) is 1.44. The van der Waals surface area contributed by atoms with Crippen LogP contribution in [-0.2, 0) is 10.0 Å². The Bertz CT molecular complexity index is 184. The molecule has 0 radical (unpaired) electrons. The molecule has 0 aromatic rings. The van der Waals surface area contributed by atoms with Gasteiger partial charge in [-0.25, -0.2) is 13.1 Å². The van der Waals surface area contributed by atoms with Crippen LogP contribution in [0.15, 0.2) is 0 Å². The molecule has 0 heterocycles. The lowest BCUT2D eigenvalue weighted by Crippen LogP contribution is -2.37. The zero-order valence-corrected chi connectivity index (χ0v) is 7.69. The summed E-state index contributed by atoms with van der Waals surface area (Å²) in [7, 11) is -3.15. The zero-order chi connectivity index (χ0) is 8.91. The van der Waals surface area contributed by atoms with Gasteiger partial charge in [0.15, 0.2) is 0 Å². The van der Waals surface area contributed by atoms with Gasteiger partial charge in [0, 0.05) is 6.04 Å². The fourth-order valence-corrected chi connectivity index (χ4v) is 1.50. The minimum absolute atomic E-state index is 0.0590. The molecule has 2 N–H and O–H groups in total. The van der Waals surface area contributed by atoms with Crippen molar-refractivity contribution in [2.75, 3.05) is 12.4 Å². The quantitative estimate of drug-likeness (QED) is 0.612. The van der Waals surface area contributed by atoms with Gasteiger partial charge in [0.2, 0.25) is 10.0 Å². The number of aliphatic hydroxyl groups excluding tert-OH is 1. The van der Waals surface area contributed by atoms with Crippen molar-refractivity contribution in [2.24, 2.45) is 0 Å². The minimum Gasteiger partial charge on any atom is -0.395 e. The van der Waals surface area contributed by atoms with Crippen molar-refractivity contribution in [3.05, 3.63) is 0 Å². The molecule has 11 heavy (non-hydrogen) atoms. The van der Waals surface area contributed by atoms with Crippen LogP contribution in [0.25, 0.3) is 0 Å². The van der Waals surface area contributed by atoms with Gasteiger partial charge in [-0.2, -0.15) is 0 Å². The van der Waals surface area contributed by atoms with E-state index in [9.17, 15) is 8.42 Å². The highest BCUT2D eigenvalue weighted by Gasteiger charge is 2.12. The maximum absolute atomic E-state index is 10.9. The molecule has 0 unspecified atom stereocenters. The number of hydrogen-bond donors (Lipinski definition) is 2. The van der Waals surface area contributed by atoms with Crippen LogP contribution in [0.3, 0.4) is 0 Å². The Morgan fingerprint density at radius 1 is 1.45 bits per heavy atom. The van der Waals surface area contributed by atoms with Crippen LogP contribution in [-0.4, -0.2) is 31.9 Å². The Labute approximate surface area is 67.7 Å². The van der Waals surface area contributed by atoms with E-state index in [1.165, 1.54) is 0 Å². The van der Waals surface area contributed by atoms with Crippen LogP contribution >= 0.6 is 0 Å². The lowest BCUT2D eigenvalue weighted by Gasteiger charge is -2.12. The van der Waals surface area contributed by atoms with Gasteiger partial charge in [-0.3, -0.25) is 0 Å². The molecule has 0 aromatic heterocycles. The first kappa shape index (κ1) is 10.9. The van der Waals surface area contributed by atoms with E-state index in [2.05, 4.69) is 4.72 Å². The zero-order valence-electron chi connectivity index (χ0n) is 6.87. The van der Waals surface area contributed by atoms with E-state index in [1.54, 1.807) is 6.92 Å². The van der Waals surface area contributed by atoms with E-state index in [0.29, 0.717) is 6.42 Å². The van der Waals surface area contributed by atoms with E-state index in [4.69, 9.17) is 5.11 Å². The van der Waals surface area contributed by atoms with Crippen molar-refractivity contribution in [3.8, 4) is 0 Å². The lowest BCUT2D eigenvalue weighted by molar-refractivity contribution is 0.254. The molecule has 1 atom stereocenters. The Morgan fingerprint density at radius 3 is 2.27 bits per heavy atom. The number of sulfonamides is 1. The lowest BCUT2D eigenvalue weighted by atomic mass is 10.3. The van der Waals surface area contributed by atoms with Crippen LogP contribution in [0.5, 0.6) is 0 Å². The Kier molecular flexibility index (Phi) is 4.63. The highest BCUT2D eigenvalue weighted by Crippen LogP contribution is 1.92. The fourth-order valence-electron chi connectivity index (χ4n) is 0.587. The largest absolute Gasteiger partial charge is 0.395 e. The number of rotatable bonds is 5. The van der Waals surface area contributed by atoms with Crippen LogP contribution in [0, 0.1) is 0 Å². The predicted octanol–water partition coefficient (Wildman–Crippen LogP) is -0.303. The van der Waals surface area contributed by atoms with Crippen molar-refractivity contribution >= 4 is 10.0 Å². The first-order chi connectivity index (χ1) is 5.05. The molecule has 0 aliphatic rings. The molecule has 0 saturated carbocycles. The van der Waals surface area contributed by atoms with Gasteiger partial charge in [-0.05, 0) is 13.3 Å². The molecule has 68 valence electrons. The molecular weight excluding hydrogens is 166 g/mol. The van der Waals surface area contributed by atoms with Crippen molar-refractivity contribution in [2.45, 2.75) is 26.3 Å². The first-order valence-corrected chi connectivity index (χ1v) is 5.31. The van der Waals surface area contributed by atoms with Crippen LogP contribution in [0.2, 0.25) is 0 Å². The molecule has 0 saturated heterocycles. The molecule has 0 aromatic carbocycles. The molecule has 0 bridgehead atoms. The summed E-state index contributed by atoms with van der Waals surface area (Å²) in [6.07, 6.45) is 0.607. The Hall–Kier alpha value is -0.130. The molecule has 0 aliphatic heterocycles. The van der Waals surface area contributed by atoms with Crippen LogP contribution in [0.1, 0.15) is 20.3 Å². The number of nitrogens with one attached hydrogen (secondary N) is 1. The van der Waals surface area contributed by atoms with Crippen LogP contribution in [0.4, 0.5) is 0 Å². The first-order valence-electron chi connectivity index (χ1n) is 3.66. The topological polar surface area (TPSA) is 66.4 Å². The second-order valence-corrected chi connectivity index (χ2v) is 4.35. The van der Waals surface area contributed by atoms with E-state index in [1.807, 2.05) is 6.92 Å². The Morgan fingerprint density at radius 2 is 2.00 bits per heavy atom. The number of aliphatic hydroxyl groups is 1. The van der Waals surface area contributed by atoms with E-state index < -0.39 is 10.0 Å². The second kappa shape index (κ2) is 4.69. The van der Waals surface area contributed by atoms with Gasteiger partial charge in [-0.1, -0.05) is 6.92 Å². The molecular formula is C6H15NO3S. The normalized spacial score (nSPS) is 14.8. The van der Waals surface area contributed by atoms with Gasteiger partial charge < -0.3 is 5.11 Å². The fraction of sp³-hybridized carbons (Fsp3) is 1.00. The minimum atomic E-state index is -3.15. The molecule has 0 aliphatic carbocycles. The highest BCUT2D eigenvalue weighted by molar-refractivity contribution is 7.89. The maximum Gasteiger partial charge on any atom is 0.211 e. The monoisotopic (exact) mass is 181 g/mol. The van der Waals surface area contributed by atoms with Crippen molar-refractivity contribution < 1.29 is 13.5 Å². The van der Waals surface area contributed by atoms with E-state index in [0.717, 1.165) is 0 Å². The average Bonchev–Trinajstić information content (AvgIpc) is 2.00. The summed E-state index contributed by atoms with van der Waals surface area (Å²) in [6.45, 7) is 3.24. The average molecular weight is 181 g/mol. The standard InChI is InChI=1S/C6H15NO3S/c1-3-6(5-8)7-11(9,10)4-2/h6-8H,3-5H2,1-2H3/t6-/m1/s1. The van der Waals surface area contributed by atoms with Crippen molar-refractivity contribution in [1.82, 2.24) is 4.72 Å². The molecule has 0 amide bonds. The van der Waals surface area contributed by atoms with E-state index in [-0.39, 0.29) is 18.4 Å². The summed E-state index contributed by atoms with van der Waals surface area (Å²) in [5, 5.41) is 8.66. The van der Waals surface area contributed by atoms with Gasteiger partial charge >= 0.3 is 0 Å². The second-order valence-electron chi connectivity index (χ2n) is 2.31. The van der Waals surface area contributed by atoms with Gasteiger partial charge in [0.25, 0.3) is 0 Å². The van der Waals surface area contributed by atoms with Crippen molar-refractivity contribution in [1.29, 1.82) is 0 Å². The molecule has 4 nitrogen and oxygen atoms in total.